The number of rotatable bonds is 12. The number of nitrogens with one attached hydrogen (secondary N) is 1. The maximum absolute atomic E-state index is 13.5. The van der Waals surface area contributed by atoms with Crippen molar-refractivity contribution in [1.82, 2.24) is 10.2 Å². The summed E-state index contributed by atoms with van der Waals surface area (Å²) in [5.41, 5.74) is 1.32. The molecule has 1 aliphatic heterocycles. The quantitative estimate of drug-likeness (QED) is 0.477. The molecule has 0 aliphatic carbocycles. The van der Waals surface area contributed by atoms with E-state index in [1.54, 1.807) is 25.1 Å². The molecule has 2 amide bonds. The fraction of sp³-hybridized carbons (Fsp3) is 0.440. The van der Waals surface area contributed by atoms with Gasteiger partial charge in [-0.3, -0.25) is 13.9 Å². The van der Waals surface area contributed by atoms with Crippen molar-refractivity contribution in [2.45, 2.75) is 39.7 Å². The Hall–Kier alpha value is -3.27. The van der Waals surface area contributed by atoms with Crippen molar-refractivity contribution in [3.8, 4) is 11.5 Å². The van der Waals surface area contributed by atoms with Crippen LogP contribution in [0.4, 0.5) is 5.69 Å². The van der Waals surface area contributed by atoms with Gasteiger partial charge in [-0.25, -0.2) is 8.42 Å². The number of carbonyl (C=O) groups excluding carboxylic acids is 2. The minimum Gasteiger partial charge on any atom is -0.454 e. The second-order valence-corrected chi connectivity index (χ2v) is 10.4. The summed E-state index contributed by atoms with van der Waals surface area (Å²) in [7, 11) is -3.80. The van der Waals surface area contributed by atoms with Crippen molar-refractivity contribution in [3.05, 3.63) is 54.1 Å². The second-order valence-electron chi connectivity index (χ2n) is 8.23. The molecule has 2 aromatic carbocycles. The number of amides is 2. The monoisotopic (exact) mass is 503 g/mol. The topological polar surface area (TPSA) is 105 Å². The third-order valence-electron chi connectivity index (χ3n) is 5.82. The molecule has 2 aromatic rings. The summed E-state index contributed by atoms with van der Waals surface area (Å²) in [6.45, 7) is 5.51. The standard InChI is InChI=1S/C25H33N3O6S/c1-4-14-26-25(30)19(3)27(15-13-20-9-7-6-8-10-20)24(29)17-28(35(31,32)5-2)21-11-12-22-23(16-21)34-18-33-22/h6-12,16,19H,4-5,13-15,17-18H2,1-3H3,(H,26,30)/t19-/m1/s1. The molecule has 1 heterocycles. The van der Waals surface area contributed by atoms with Crippen LogP contribution >= 0.6 is 0 Å². The molecule has 1 atom stereocenters. The highest BCUT2D eigenvalue weighted by molar-refractivity contribution is 7.92. The van der Waals surface area contributed by atoms with Crippen molar-refractivity contribution in [1.29, 1.82) is 0 Å². The minimum atomic E-state index is -3.80. The van der Waals surface area contributed by atoms with E-state index in [1.807, 2.05) is 37.3 Å². The molecular formula is C25H33N3O6S. The Morgan fingerprint density at radius 3 is 2.46 bits per heavy atom. The Balaban J connectivity index is 1.87. The molecule has 35 heavy (non-hydrogen) atoms. The molecule has 0 bridgehead atoms. The van der Waals surface area contributed by atoms with Crippen LogP contribution in [0.15, 0.2) is 48.5 Å². The van der Waals surface area contributed by atoms with Crippen LogP contribution in [0.1, 0.15) is 32.8 Å². The van der Waals surface area contributed by atoms with E-state index in [9.17, 15) is 18.0 Å². The molecule has 10 heteroatoms. The van der Waals surface area contributed by atoms with Gasteiger partial charge in [0.2, 0.25) is 28.6 Å². The lowest BCUT2D eigenvalue weighted by atomic mass is 10.1. The van der Waals surface area contributed by atoms with Gasteiger partial charge >= 0.3 is 0 Å². The van der Waals surface area contributed by atoms with Gasteiger partial charge in [0.25, 0.3) is 0 Å². The maximum atomic E-state index is 13.5. The summed E-state index contributed by atoms with van der Waals surface area (Å²) in [6.07, 6.45) is 1.30. The van der Waals surface area contributed by atoms with Crippen molar-refractivity contribution in [2.24, 2.45) is 0 Å². The first-order chi connectivity index (χ1) is 16.8. The first kappa shape index (κ1) is 26.3. The maximum Gasteiger partial charge on any atom is 0.244 e. The third-order valence-corrected chi connectivity index (χ3v) is 7.57. The first-order valence-electron chi connectivity index (χ1n) is 11.8. The second kappa shape index (κ2) is 11.9. The number of benzene rings is 2. The molecule has 0 saturated carbocycles. The zero-order valence-electron chi connectivity index (χ0n) is 20.4. The van der Waals surface area contributed by atoms with E-state index in [4.69, 9.17) is 9.47 Å². The van der Waals surface area contributed by atoms with Crippen LogP contribution in [0.3, 0.4) is 0 Å². The third kappa shape index (κ3) is 6.66. The van der Waals surface area contributed by atoms with Gasteiger partial charge in [0.05, 0.1) is 11.4 Å². The SMILES string of the molecule is CCCNC(=O)[C@@H](C)N(CCc1ccccc1)C(=O)CN(c1ccc2c(c1)OCO2)S(=O)(=O)CC. The fourth-order valence-electron chi connectivity index (χ4n) is 3.73. The van der Waals surface area contributed by atoms with E-state index in [2.05, 4.69) is 5.32 Å². The van der Waals surface area contributed by atoms with Crippen LogP contribution < -0.4 is 19.1 Å². The number of anilines is 1. The van der Waals surface area contributed by atoms with Crippen LogP contribution in [0.2, 0.25) is 0 Å². The number of ether oxygens (including phenoxy) is 2. The minimum absolute atomic E-state index is 0.0515. The molecule has 0 spiro atoms. The van der Waals surface area contributed by atoms with Crippen molar-refractivity contribution in [2.75, 3.05) is 36.5 Å². The summed E-state index contributed by atoms with van der Waals surface area (Å²) in [5.74, 6) is 0.000732. The fourth-order valence-corrected chi connectivity index (χ4v) is 4.78. The van der Waals surface area contributed by atoms with Gasteiger partial charge in [0.15, 0.2) is 11.5 Å². The molecule has 0 unspecified atom stereocenters. The van der Waals surface area contributed by atoms with Crippen molar-refractivity contribution >= 4 is 27.5 Å². The smallest absolute Gasteiger partial charge is 0.244 e. The Bertz CT molecular complexity index is 1120. The van der Waals surface area contributed by atoms with Crippen LogP contribution in [0, 0.1) is 0 Å². The average Bonchev–Trinajstić information content (AvgIpc) is 3.34. The highest BCUT2D eigenvalue weighted by atomic mass is 32.2. The van der Waals surface area contributed by atoms with Gasteiger partial charge in [0.1, 0.15) is 12.6 Å². The summed E-state index contributed by atoms with van der Waals surface area (Å²) < 4.78 is 37.8. The average molecular weight is 504 g/mol. The number of nitrogens with zero attached hydrogens (tertiary/aromatic N) is 2. The van der Waals surface area contributed by atoms with Gasteiger partial charge < -0.3 is 19.7 Å². The molecule has 0 saturated heterocycles. The van der Waals surface area contributed by atoms with E-state index in [0.29, 0.717) is 30.2 Å². The van der Waals surface area contributed by atoms with E-state index in [0.717, 1.165) is 16.3 Å². The number of hydrogen-bond donors (Lipinski definition) is 1. The van der Waals surface area contributed by atoms with Crippen LogP contribution in [-0.4, -0.2) is 63.4 Å². The molecule has 1 aliphatic rings. The van der Waals surface area contributed by atoms with Gasteiger partial charge in [-0.1, -0.05) is 37.3 Å². The molecule has 1 N–H and O–H groups in total. The predicted molar refractivity (Wildman–Crippen MR) is 134 cm³/mol. The molecule has 0 aromatic heterocycles. The number of fused-ring (bicyclic) bond motifs is 1. The number of carbonyl (C=O) groups is 2. The van der Waals surface area contributed by atoms with E-state index < -0.39 is 28.5 Å². The lowest BCUT2D eigenvalue weighted by Gasteiger charge is -2.31. The van der Waals surface area contributed by atoms with E-state index >= 15 is 0 Å². The van der Waals surface area contributed by atoms with Gasteiger partial charge in [-0.15, -0.1) is 0 Å². The Morgan fingerprint density at radius 1 is 1.06 bits per heavy atom. The molecule has 0 radical (unpaired) electrons. The Kier molecular flexibility index (Phi) is 8.97. The van der Waals surface area contributed by atoms with E-state index in [1.165, 1.54) is 11.8 Å². The number of sulfonamides is 1. The van der Waals surface area contributed by atoms with Crippen molar-refractivity contribution in [3.63, 3.8) is 0 Å². The summed E-state index contributed by atoms with van der Waals surface area (Å²) in [4.78, 5) is 27.7. The highest BCUT2D eigenvalue weighted by Gasteiger charge is 2.31. The lowest BCUT2D eigenvalue weighted by molar-refractivity contribution is -0.138. The molecule has 190 valence electrons. The normalized spacial score (nSPS) is 13.2. The zero-order valence-corrected chi connectivity index (χ0v) is 21.2. The summed E-state index contributed by atoms with van der Waals surface area (Å²) in [5, 5.41) is 2.83. The highest BCUT2D eigenvalue weighted by Crippen LogP contribution is 2.36. The molecular weight excluding hydrogens is 470 g/mol. The van der Waals surface area contributed by atoms with Crippen LogP contribution in [-0.2, 0) is 26.0 Å². The Labute approximate surface area is 207 Å². The molecule has 9 nitrogen and oxygen atoms in total. The number of hydrogen-bond acceptors (Lipinski definition) is 6. The predicted octanol–water partition coefficient (Wildman–Crippen LogP) is 2.56. The molecule has 3 rings (SSSR count). The van der Waals surface area contributed by atoms with Gasteiger partial charge in [-0.2, -0.15) is 0 Å². The Morgan fingerprint density at radius 2 is 1.77 bits per heavy atom. The lowest BCUT2D eigenvalue weighted by Crippen LogP contribution is -2.52. The van der Waals surface area contributed by atoms with E-state index in [-0.39, 0.29) is 25.0 Å². The van der Waals surface area contributed by atoms with Crippen molar-refractivity contribution < 1.29 is 27.5 Å². The molecule has 0 fully saturated rings. The summed E-state index contributed by atoms with van der Waals surface area (Å²) >= 11 is 0. The zero-order chi connectivity index (χ0) is 25.4. The van der Waals surface area contributed by atoms with Crippen LogP contribution in [0.25, 0.3) is 0 Å². The van der Waals surface area contributed by atoms with Crippen LogP contribution in [0.5, 0.6) is 11.5 Å². The first-order valence-corrected chi connectivity index (χ1v) is 13.4. The summed E-state index contributed by atoms with van der Waals surface area (Å²) in [6, 6.07) is 13.6. The van der Waals surface area contributed by atoms with Gasteiger partial charge in [0, 0.05) is 19.2 Å². The largest absolute Gasteiger partial charge is 0.454 e. The van der Waals surface area contributed by atoms with Gasteiger partial charge in [-0.05, 0) is 44.4 Å².